The van der Waals surface area contributed by atoms with Crippen molar-refractivity contribution < 1.29 is 27.5 Å². The summed E-state index contributed by atoms with van der Waals surface area (Å²) >= 11 is 0. The summed E-state index contributed by atoms with van der Waals surface area (Å²) in [4.78, 5) is 23.0. The molecule has 0 radical (unpaired) electrons. The molecule has 0 aliphatic carbocycles. The van der Waals surface area contributed by atoms with Gasteiger partial charge >= 0.3 is 5.97 Å². The summed E-state index contributed by atoms with van der Waals surface area (Å²) in [6.45, 7) is 4.21. The molecule has 1 aromatic heterocycles. The van der Waals surface area contributed by atoms with Gasteiger partial charge in [0.05, 0.1) is 12.8 Å². The quantitative estimate of drug-likeness (QED) is 0.769. The number of hydrogen-bond donors (Lipinski definition) is 2. The minimum Gasteiger partial charge on any atom is -0.480 e. The van der Waals surface area contributed by atoms with Crippen LogP contribution in [0.1, 0.15) is 26.5 Å². The highest BCUT2D eigenvalue weighted by atomic mass is 32.2. The Morgan fingerprint density at radius 2 is 1.95 bits per heavy atom. The fraction of sp³-hybridized carbons (Fsp3) is 0.538. The van der Waals surface area contributed by atoms with Gasteiger partial charge in [-0.1, -0.05) is 13.8 Å². The second kappa shape index (κ2) is 6.75. The molecule has 7 nitrogen and oxygen atoms in total. The van der Waals surface area contributed by atoms with Gasteiger partial charge in [-0.2, -0.15) is 0 Å². The van der Waals surface area contributed by atoms with Crippen LogP contribution in [-0.4, -0.2) is 35.9 Å². The monoisotopic (exact) mass is 317 g/mol. The standard InChI is InChI=1S/C13H19NO6S/c1-8(2)11(13(16)17)21(18,19)9(3)12(15)14-7-10-5-4-6-20-10/h4-6,8-9,11H,7H2,1-3H3,(H,14,15)(H,16,17). The number of rotatable bonds is 7. The second-order valence-electron chi connectivity index (χ2n) is 5.03. The molecule has 2 unspecified atom stereocenters. The summed E-state index contributed by atoms with van der Waals surface area (Å²) in [6.07, 6.45) is 1.43. The summed E-state index contributed by atoms with van der Waals surface area (Å²) < 4.78 is 29.5. The molecule has 0 saturated heterocycles. The third-order valence-corrected chi connectivity index (χ3v) is 5.74. The van der Waals surface area contributed by atoms with E-state index >= 15 is 0 Å². The molecule has 0 fully saturated rings. The van der Waals surface area contributed by atoms with E-state index in [-0.39, 0.29) is 6.54 Å². The predicted octanol–water partition coefficient (Wildman–Crippen LogP) is 0.808. The molecule has 0 spiro atoms. The first-order chi connectivity index (χ1) is 9.67. The lowest BCUT2D eigenvalue weighted by molar-refractivity contribution is -0.137. The summed E-state index contributed by atoms with van der Waals surface area (Å²) in [7, 11) is -4.13. The summed E-state index contributed by atoms with van der Waals surface area (Å²) in [6, 6.07) is 3.27. The second-order valence-corrected chi connectivity index (χ2v) is 7.42. The van der Waals surface area contributed by atoms with Crippen molar-refractivity contribution in [1.29, 1.82) is 0 Å². The molecule has 8 heteroatoms. The van der Waals surface area contributed by atoms with Crippen LogP contribution < -0.4 is 5.32 Å². The number of nitrogens with one attached hydrogen (secondary N) is 1. The van der Waals surface area contributed by atoms with Crippen molar-refractivity contribution in [3.63, 3.8) is 0 Å². The van der Waals surface area contributed by atoms with Crippen molar-refractivity contribution in [2.24, 2.45) is 5.92 Å². The molecule has 2 N–H and O–H groups in total. The van der Waals surface area contributed by atoms with Gasteiger partial charge in [-0.15, -0.1) is 0 Å². The molecule has 0 aliphatic heterocycles. The highest BCUT2D eigenvalue weighted by molar-refractivity contribution is 7.94. The van der Waals surface area contributed by atoms with Crippen LogP contribution in [0.25, 0.3) is 0 Å². The minimum atomic E-state index is -4.13. The zero-order chi connectivity index (χ0) is 16.2. The maximum Gasteiger partial charge on any atom is 0.322 e. The Bertz CT molecular complexity index is 590. The van der Waals surface area contributed by atoms with Gasteiger partial charge in [-0.3, -0.25) is 9.59 Å². The van der Waals surface area contributed by atoms with E-state index in [0.29, 0.717) is 5.76 Å². The molecular formula is C13H19NO6S. The lowest BCUT2D eigenvalue weighted by atomic mass is 10.1. The average Bonchev–Trinajstić information content (AvgIpc) is 2.86. The molecule has 118 valence electrons. The van der Waals surface area contributed by atoms with E-state index in [1.54, 1.807) is 12.1 Å². The highest BCUT2D eigenvalue weighted by Gasteiger charge is 2.41. The van der Waals surface area contributed by atoms with Crippen molar-refractivity contribution in [2.75, 3.05) is 0 Å². The van der Waals surface area contributed by atoms with E-state index in [4.69, 9.17) is 9.52 Å². The number of carbonyl (C=O) groups excluding carboxylic acids is 1. The first-order valence-electron chi connectivity index (χ1n) is 6.43. The number of hydrogen-bond acceptors (Lipinski definition) is 5. The van der Waals surface area contributed by atoms with Gasteiger partial charge < -0.3 is 14.8 Å². The Morgan fingerprint density at radius 1 is 1.33 bits per heavy atom. The molecular weight excluding hydrogens is 298 g/mol. The van der Waals surface area contributed by atoms with Gasteiger partial charge in [0.15, 0.2) is 15.1 Å². The van der Waals surface area contributed by atoms with Crippen molar-refractivity contribution in [1.82, 2.24) is 5.32 Å². The van der Waals surface area contributed by atoms with Crippen molar-refractivity contribution in [3.05, 3.63) is 24.2 Å². The fourth-order valence-corrected chi connectivity index (χ4v) is 3.77. The Kier molecular flexibility index (Phi) is 5.54. The maximum atomic E-state index is 12.3. The number of amides is 1. The topological polar surface area (TPSA) is 114 Å². The van der Waals surface area contributed by atoms with Gasteiger partial charge in [0.1, 0.15) is 11.0 Å². The van der Waals surface area contributed by atoms with Crippen LogP contribution in [0.15, 0.2) is 22.8 Å². The third kappa shape index (κ3) is 4.07. The number of aliphatic carboxylic acids is 1. The fourth-order valence-electron chi connectivity index (χ4n) is 1.91. The predicted molar refractivity (Wildman–Crippen MR) is 75.2 cm³/mol. The average molecular weight is 317 g/mol. The zero-order valence-corrected chi connectivity index (χ0v) is 12.9. The van der Waals surface area contributed by atoms with Gasteiger partial charge in [0, 0.05) is 0 Å². The molecule has 21 heavy (non-hydrogen) atoms. The largest absolute Gasteiger partial charge is 0.480 e. The summed E-state index contributed by atoms with van der Waals surface area (Å²) in [5.74, 6) is -2.35. The molecule has 1 aromatic rings. The molecule has 0 saturated carbocycles. The van der Waals surface area contributed by atoms with Gasteiger partial charge in [-0.05, 0) is 25.0 Å². The number of carboxylic acid groups (broad SMARTS) is 1. The minimum absolute atomic E-state index is 0.0467. The maximum absolute atomic E-state index is 12.3. The van der Waals surface area contributed by atoms with Crippen molar-refractivity contribution in [2.45, 2.75) is 37.8 Å². The Morgan fingerprint density at radius 3 is 2.38 bits per heavy atom. The van der Waals surface area contributed by atoms with E-state index in [0.717, 1.165) is 0 Å². The lowest BCUT2D eigenvalue weighted by Gasteiger charge is -2.21. The van der Waals surface area contributed by atoms with Crippen LogP contribution in [0.2, 0.25) is 0 Å². The Balaban J connectivity index is 2.81. The van der Waals surface area contributed by atoms with E-state index in [1.165, 1.54) is 27.0 Å². The molecule has 0 aliphatic rings. The summed E-state index contributed by atoms with van der Waals surface area (Å²) in [5.41, 5.74) is 0. The lowest BCUT2D eigenvalue weighted by Crippen LogP contribution is -2.46. The normalized spacial score (nSPS) is 14.7. The van der Waals surface area contributed by atoms with E-state index < -0.39 is 38.1 Å². The number of furan rings is 1. The Hall–Kier alpha value is -1.83. The zero-order valence-electron chi connectivity index (χ0n) is 12.1. The molecule has 1 amide bonds. The van der Waals surface area contributed by atoms with Crippen LogP contribution in [0.5, 0.6) is 0 Å². The number of carbonyl (C=O) groups is 2. The number of sulfone groups is 1. The third-order valence-electron chi connectivity index (χ3n) is 3.08. The van der Waals surface area contributed by atoms with Gasteiger partial charge in [0.25, 0.3) is 0 Å². The Labute approximate surface area is 123 Å². The summed E-state index contributed by atoms with van der Waals surface area (Å²) in [5, 5.41) is 8.43. The first kappa shape index (κ1) is 17.2. The molecule has 1 heterocycles. The van der Waals surface area contributed by atoms with Crippen LogP contribution in [0, 0.1) is 5.92 Å². The van der Waals surface area contributed by atoms with Gasteiger partial charge in [-0.25, -0.2) is 8.42 Å². The van der Waals surface area contributed by atoms with Crippen LogP contribution in [-0.2, 0) is 26.0 Å². The van der Waals surface area contributed by atoms with E-state index in [1.807, 2.05) is 0 Å². The SMILES string of the molecule is CC(C)C(C(=O)O)S(=O)(=O)C(C)C(=O)NCc1ccco1. The van der Waals surface area contributed by atoms with E-state index in [2.05, 4.69) is 5.32 Å². The van der Waals surface area contributed by atoms with Crippen molar-refractivity contribution in [3.8, 4) is 0 Å². The molecule has 1 rings (SSSR count). The van der Waals surface area contributed by atoms with Crippen LogP contribution >= 0.6 is 0 Å². The first-order valence-corrected chi connectivity index (χ1v) is 8.04. The van der Waals surface area contributed by atoms with Gasteiger partial charge in [0.2, 0.25) is 5.91 Å². The molecule has 2 atom stereocenters. The van der Waals surface area contributed by atoms with E-state index in [9.17, 15) is 18.0 Å². The van der Waals surface area contributed by atoms with Crippen molar-refractivity contribution >= 4 is 21.7 Å². The molecule has 0 bridgehead atoms. The van der Waals surface area contributed by atoms with Crippen LogP contribution in [0.3, 0.4) is 0 Å². The van der Waals surface area contributed by atoms with Crippen LogP contribution in [0.4, 0.5) is 0 Å². The highest BCUT2D eigenvalue weighted by Crippen LogP contribution is 2.18. The number of carboxylic acids is 1. The molecule has 0 aromatic carbocycles. The smallest absolute Gasteiger partial charge is 0.322 e.